The van der Waals surface area contributed by atoms with Crippen LogP contribution in [-0.4, -0.2) is 59.5 Å². The summed E-state index contributed by atoms with van der Waals surface area (Å²) >= 11 is 0. The quantitative estimate of drug-likeness (QED) is 0.455. The zero-order valence-corrected chi connectivity index (χ0v) is 16.6. The number of urea groups is 2. The molecule has 0 aromatic rings. The number of carbonyl (C=O) groups is 5. The molecule has 6 amide bonds. The van der Waals surface area contributed by atoms with Crippen molar-refractivity contribution in [1.82, 2.24) is 20.9 Å². The van der Waals surface area contributed by atoms with E-state index in [0.717, 1.165) is 43.4 Å². The van der Waals surface area contributed by atoms with Crippen molar-refractivity contribution in [2.45, 2.75) is 69.9 Å². The lowest BCUT2D eigenvalue weighted by molar-refractivity contribution is -0.150. The third-order valence-electron chi connectivity index (χ3n) is 6.04. The minimum absolute atomic E-state index is 0.0155. The van der Waals surface area contributed by atoms with E-state index in [-0.39, 0.29) is 6.04 Å². The van der Waals surface area contributed by atoms with Gasteiger partial charge in [-0.1, -0.05) is 32.6 Å². The number of nitrogens with one attached hydrogen (secondary N) is 3. The van der Waals surface area contributed by atoms with Gasteiger partial charge in [0.05, 0.1) is 0 Å². The van der Waals surface area contributed by atoms with Gasteiger partial charge < -0.3 is 15.4 Å². The smallest absolute Gasteiger partial charge is 0.326 e. The van der Waals surface area contributed by atoms with Gasteiger partial charge in [-0.15, -0.1) is 0 Å². The van der Waals surface area contributed by atoms with Crippen molar-refractivity contribution in [2.24, 2.45) is 5.92 Å². The largest absolute Gasteiger partial charge is 0.454 e. The van der Waals surface area contributed by atoms with Crippen molar-refractivity contribution in [1.29, 1.82) is 0 Å². The molecule has 1 spiro atoms. The molecule has 2 aliphatic carbocycles. The third kappa shape index (κ3) is 4.86. The highest BCUT2D eigenvalue weighted by atomic mass is 16.5. The van der Waals surface area contributed by atoms with Gasteiger partial charge in [-0.2, -0.15) is 0 Å². The van der Waals surface area contributed by atoms with Crippen LogP contribution < -0.4 is 16.0 Å². The monoisotopic (exact) mass is 408 g/mol. The van der Waals surface area contributed by atoms with E-state index in [9.17, 15) is 24.0 Å². The van der Waals surface area contributed by atoms with Crippen molar-refractivity contribution in [3.63, 3.8) is 0 Å². The molecule has 0 aromatic heterocycles. The van der Waals surface area contributed by atoms with E-state index in [2.05, 4.69) is 22.9 Å². The Morgan fingerprint density at radius 3 is 2.52 bits per heavy atom. The standard InChI is InChI=1S/C19H28N4O6/c1-12-6-2-3-7-13(12)20-17(27)21-14(24)11-29-15(25)10-23-16(26)19(22-18(23)28)8-4-5-9-19/h12-13H,2-11H2,1H3,(H,22,28)(H2,20,21,24,27)/t12-,13+/m0/s1. The molecular weight excluding hydrogens is 380 g/mol. The lowest BCUT2D eigenvalue weighted by atomic mass is 9.86. The fourth-order valence-corrected chi connectivity index (χ4v) is 4.36. The molecule has 3 fully saturated rings. The van der Waals surface area contributed by atoms with Gasteiger partial charge in [0.1, 0.15) is 12.1 Å². The van der Waals surface area contributed by atoms with Gasteiger partial charge in [0.15, 0.2) is 6.61 Å². The van der Waals surface area contributed by atoms with E-state index < -0.39 is 48.5 Å². The highest BCUT2D eigenvalue weighted by Gasteiger charge is 2.52. The van der Waals surface area contributed by atoms with Crippen molar-refractivity contribution in [3.8, 4) is 0 Å². The molecule has 0 bridgehead atoms. The molecule has 2 atom stereocenters. The van der Waals surface area contributed by atoms with E-state index in [1.807, 2.05) is 0 Å². The first-order valence-electron chi connectivity index (χ1n) is 10.2. The number of nitrogens with zero attached hydrogens (tertiary/aromatic N) is 1. The molecule has 1 saturated heterocycles. The Hall–Kier alpha value is -2.65. The lowest BCUT2D eigenvalue weighted by Gasteiger charge is -2.29. The summed E-state index contributed by atoms with van der Waals surface area (Å²) in [6, 6.07) is -1.23. The molecule has 1 aliphatic heterocycles. The van der Waals surface area contributed by atoms with E-state index in [0.29, 0.717) is 18.8 Å². The first kappa shape index (κ1) is 21.1. The second-order valence-corrected chi connectivity index (χ2v) is 8.16. The molecule has 10 heteroatoms. The summed E-state index contributed by atoms with van der Waals surface area (Å²) in [6.45, 7) is 0.825. The molecule has 2 saturated carbocycles. The summed E-state index contributed by atoms with van der Waals surface area (Å²) in [4.78, 5) is 61.1. The number of carbonyl (C=O) groups excluding carboxylic acids is 5. The van der Waals surface area contributed by atoms with Crippen LogP contribution in [0.2, 0.25) is 0 Å². The molecule has 1 heterocycles. The highest BCUT2D eigenvalue weighted by molar-refractivity contribution is 6.09. The molecular formula is C19H28N4O6. The number of ether oxygens (including phenoxy) is 1. The Labute approximate surface area is 169 Å². The van der Waals surface area contributed by atoms with E-state index in [1.54, 1.807) is 0 Å². The van der Waals surface area contributed by atoms with Crippen LogP contribution in [-0.2, 0) is 19.1 Å². The molecule has 29 heavy (non-hydrogen) atoms. The summed E-state index contributed by atoms with van der Waals surface area (Å²) in [5.74, 6) is -1.75. The minimum Gasteiger partial charge on any atom is -0.454 e. The van der Waals surface area contributed by atoms with Crippen LogP contribution in [0.3, 0.4) is 0 Å². The van der Waals surface area contributed by atoms with Gasteiger partial charge in [-0.25, -0.2) is 9.59 Å². The Balaban J connectivity index is 1.40. The van der Waals surface area contributed by atoms with Crippen molar-refractivity contribution in [3.05, 3.63) is 0 Å². The van der Waals surface area contributed by atoms with Crippen LogP contribution >= 0.6 is 0 Å². The Morgan fingerprint density at radius 1 is 1.14 bits per heavy atom. The van der Waals surface area contributed by atoms with Gasteiger partial charge in [0.25, 0.3) is 11.8 Å². The second kappa shape index (κ2) is 8.79. The van der Waals surface area contributed by atoms with Crippen LogP contribution in [0.4, 0.5) is 9.59 Å². The normalized spacial score (nSPS) is 25.6. The summed E-state index contributed by atoms with van der Waals surface area (Å²) in [7, 11) is 0. The third-order valence-corrected chi connectivity index (χ3v) is 6.04. The molecule has 0 unspecified atom stereocenters. The maximum atomic E-state index is 12.5. The number of imide groups is 2. The van der Waals surface area contributed by atoms with E-state index in [1.165, 1.54) is 0 Å². The predicted molar refractivity (Wildman–Crippen MR) is 100 cm³/mol. The molecule has 3 aliphatic rings. The molecule has 160 valence electrons. The van der Waals surface area contributed by atoms with Crippen molar-refractivity contribution in [2.75, 3.05) is 13.2 Å². The van der Waals surface area contributed by atoms with Gasteiger partial charge in [0.2, 0.25) is 0 Å². The summed E-state index contributed by atoms with van der Waals surface area (Å²) < 4.78 is 4.82. The van der Waals surface area contributed by atoms with Gasteiger partial charge >= 0.3 is 18.0 Å². The average molecular weight is 408 g/mol. The summed E-state index contributed by atoms with van der Waals surface area (Å²) in [5, 5.41) is 7.56. The Kier molecular flexibility index (Phi) is 6.39. The molecule has 3 N–H and O–H groups in total. The number of amides is 6. The highest BCUT2D eigenvalue weighted by Crippen LogP contribution is 2.34. The fourth-order valence-electron chi connectivity index (χ4n) is 4.36. The van der Waals surface area contributed by atoms with E-state index in [4.69, 9.17) is 4.74 Å². The van der Waals surface area contributed by atoms with Crippen molar-refractivity contribution >= 4 is 29.8 Å². The summed E-state index contributed by atoms with van der Waals surface area (Å²) in [5.41, 5.74) is -0.900. The Morgan fingerprint density at radius 2 is 1.83 bits per heavy atom. The lowest BCUT2D eigenvalue weighted by Crippen LogP contribution is -2.48. The van der Waals surface area contributed by atoms with E-state index >= 15 is 0 Å². The first-order chi connectivity index (χ1) is 13.8. The number of hydrogen-bond acceptors (Lipinski definition) is 6. The molecule has 0 aromatic carbocycles. The average Bonchev–Trinajstić information content (AvgIpc) is 3.23. The summed E-state index contributed by atoms with van der Waals surface area (Å²) in [6.07, 6.45) is 6.85. The first-order valence-corrected chi connectivity index (χ1v) is 10.2. The number of hydrogen-bond donors (Lipinski definition) is 3. The van der Waals surface area contributed by atoms with Crippen LogP contribution in [0.5, 0.6) is 0 Å². The van der Waals surface area contributed by atoms with Crippen LogP contribution in [0.25, 0.3) is 0 Å². The van der Waals surface area contributed by atoms with Crippen molar-refractivity contribution < 1.29 is 28.7 Å². The van der Waals surface area contributed by atoms with Gasteiger partial charge in [0, 0.05) is 6.04 Å². The Bertz CT molecular complexity index is 703. The zero-order valence-electron chi connectivity index (χ0n) is 16.6. The van der Waals surface area contributed by atoms with Gasteiger partial charge in [-0.3, -0.25) is 24.6 Å². The number of rotatable bonds is 5. The minimum atomic E-state index is -0.900. The second-order valence-electron chi connectivity index (χ2n) is 8.16. The van der Waals surface area contributed by atoms with Crippen LogP contribution in [0.15, 0.2) is 0 Å². The predicted octanol–water partition coefficient (Wildman–Crippen LogP) is 0.799. The SMILES string of the molecule is C[C@H]1CCCC[C@H]1NC(=O)NC(=O)COC(=O)CN1C(=O)NC2(CCCC2)C1=O. The zero-order chi connectivity index (χ0) is 21.0. The van der Waals surface area contributed by atoms with Crippen LogP contribution in [0.1, 0.15) is 58.3 Å². The fraction of sp³-hybridized carbons (Fsp3) is 0.737. The maximum absolute atomic E-state index is 12.5. The molecule has 0 radical (unpaired) electrons. The van der Waals surface area contributed by atoms with Crippen LogP contribution in [0, 0.1) is 5.92 Å². The van der Waals surface area contributed by atoms with Gasteiger partial charge in [-0.05, 0) is 31.6 Å². The maximum Gasteiger partial charge on any atom is 0.326 e. The molecule has 10 nitrogen and oxygen atoms in total. The number of esters is 1. The topological polar surface area (TPSA) is 134 Å². The molecule has 3 rings (SSSR count).